The van der Waals surface area contributed by atoms with Crippen molar-refractivity contribution in [3.63, 3.8) is 0 Å². The van der Waals surface area contributed by atoms with Gasteiger partial charge in [0.25, 0.3) is 0 Å². The first-order valence-electron chi connectivity index (χ1n) is 5.28. The second kappa shape index (κ2) is 6.35. The van der Waals surface area contributed by atoms with Crippen LogP contribution >= 0.6 is 0 Å². The molecule has 0 radical (unpaired) electrons. The highest BCUT2D eigenvalue weighted by Crippen LogP contribution is 2.09. The zero-order chi connectivity index (χ0) is 9.52. The molecule has 13 heavy (non-hydrogen) atoms. The van der Waals surface area contributed by atoms with Gasteiger partial charge in [0.15, 0.2) is 0 Å². The minimum atomic E-state index is 0.606. The lowest BCUT2D eigenvalue weighted by Gasteiger charge is -2.34. The summed E-state index contributed by atoms with van der Waals surface area (Å²) >= 11 is 0. The molecule has 3 nitrogen and oxygen atoms in total. The Hall–Kier alpha value is -0.120. The molecule has 0 saturated carbocycles. The number of rotatable bonds is 5. The van der Waals surface area contributed by atoms with Crippen LogP contribution in [0.4, 0.5) is 0 Å². The molecule has 0 N–H and O–H groups in total. The van der Waals surface area contributed by atoms with Gasteiger partial charge in [-0.3, -0.25) is 4.90 Å². The van der Waals surface area contributed by atoms with Crippen molar-refractivity contribution in [1.82, 2.24) is 4.90 Å². The maximum Gasteiger partial charge on any atom is 0.0622 e. The van der Waals surface area contributed by atoms with Crippen molar-refractivity contribution in [2.75, 3.05) is 39.5 Å². The molecule has 3 heteroatoms. The van der Waals surface area contributed by atoms with Gasteiger partial charge < -0.3 is 9.47 Å². The molecule has 0 aromatic heterocycles. The molecule has 1 fully saturated rings. The summed E-state index contributed by atoms with van der Waals surface area (Å²) in [5.74, 6) is 0. The predicted molar refractivity (Wildman–Crippen MR) is 53.0 cm³/mol. The van der Waals surface area contributed by atoms with Gasteiger partial charge >= 0.3 is 0 Å². The van der Waals surface area contributed by atoms with Crippen LogP contribution in [0.2, 0.25) is 0 Å². The van der Waals surface area contributed by atoms with Crippen LogP contribution in [0.25, 0.3) is 0 Å². The Kier molecular flexibility index (Phi) is 5.35. The standard InChI is InChI=1S/C10H21NO2/c1-3-10-9-13-8-6-11(10)5-7-12-4-2/h10H,3-9H2,1-2H3. The summed E-state index contributed by atoms with van der Waals surface area (Å²) in [5.41, 5.74) is 0. The molecule has 0 aliphatic carbocycles. The minimum Gasteiger partial charge on any atom is -0.380 e. The van der Waals surface area contributed by atoms with Crippen molar-refractivity contribution in [1.29, 1.82) is 0 Å². The Morgan fingerprint density at radius 2 is 2.31 bits per heavy atom. The average molecular weight is 187 g/mol. The van der Waals surface area contributed by atoms with Gasteiger partial charge in [-0.25, -0.2) is 0 Å². The third kappa shape index (κ3) is 3.63. The Labute approximate surface area is 81.0 Å². The van der Waals surface area contributed by atoms with Crippen molar-refractivity contribution in [3.8, 4) is 0 Å². The van der Waals surface area contributed by atoms with Crippen LogP contribution in [0.3, 0.4) is 0 Å². The fourth-order valence-corrected chi connectivity index (χ4v) is 1.69. The minimum absolute atomic E-state index is 0.606. The van der Waals surface area contributed by atoms with Crippen LogP contribution in [0.15, 0.2) is 0 Å². The van der Waals surface area contributed by atoms with Gasteiger partial charge in [0.05, 0.1) is 19.8 Å². The number of morpholine rings is 1. The molecule has 1 heterocycles. The van der Waals surface area contributed by atoms with E-state index < -0.39 is 0 Å². The quantitative estimate of drug-likeness (QED) is 0.602. The van der Waals surface area contributed by atoms with Gasteiger partial charge in [0.2, 0.25) is 0 Å². The summed E-state index contributed by atoms with van der Waals surface area (Å²) < 4.78 is 10.8. The Balaban J connectivity index is 2.19. The van der Waals surface area contributed by atoms with E-state index in [1.807, 2.05) is 6.92 Å². The molecule has 0 bridgehead atoms. The first kappa shape index (κ1) is 11.0. The van der Waals surface area contributed by atoms with Crippen molar-refractivity contribution < 1.29 is 9.47 Å². The summed E-state index contributed by atoms with van der Waals surface area (Å²) in [6.07, 6.45) is 1.17. The summed E-state index contributed by atoms with van der Waals surface area (Å²) in [5, 5.41) is 0. The Morgan fingerprint density at radius 3 is 3.00 bits per heavy atom. The lowest BCUT2D eigenvalue weighted by atomic mass is 10.2. The van der Waals surface area contributed by atoms with Crippen LogP contribution in [0.5, 0.6) is 0 Å². The van der Waals surface area contributed by atoms with E-state index in [0.29, 0.717) is 6.04 Å². The molecule has 0 aromatic rings. The van der Waals surface area contributed by atoms with Crippen LogP contribution in [0.1, 0.15) is 20.3 Å². The van der Waals surface area contributed by atoms with E-state index >= 15 is 0 Å². The van der Waals surface area contributed by atoms with Crippen molar-refractivity contribution in [3.05, 3.63) is 0 Å². The number of hydrogen-bond donors (Lipinski definition) is 0. The lowest BCUT2D eigenvalue weighted by Crippen LogP contribution is -2.46. The molecule has 1 aliphatic rings. The molecule has 78 valence electrons. The van der Waals surface area contributed by atoms with Gasteiger partial charge in [0.1, 0.15) is 0 Å². The van der Waals surface area contributed by atoms with Gasteiger partial charge in [-0.05, 0) is 13.3 Å². The smallest absolute Gasteiger partial charge is 0.0622 e. The average Bonchev–Trinajstić information content (AvgIpc) is 2.19. The second-order valence-corrected chi connectivity index (χ2v) is 3.37. The summed E-state index contributed by atoms with van der Waals surface area (Å²) in [6.45, 7) is 9.81. The lowest BCUT2D eigenvalue weighted by molar-refractivity contribution is -0.0203. The van der Waals surface area contributed by atoms with E-state index in [2.05, 4.69) is 11.8 Å². The largest absolute Gasteiger partial charge is 0.380 e. The molecule has 0 spiro atoms. The van der Waals surface area contributed by atoms with Crippen molar-refractivity contribution in [2.45, 2.75) is 26.3 Å². The topological polar surface area (TPSA) is 21.7 Å². The first-order chi connectivity index (χ1) is 6.38. The number of nitrogens with zero attached hydrogens (tertiary/aromatic N) is 1. The van der Waals surface area contributed by atoms with E-state index in [4.69, 9.17) is 9.47 Å². The normalized spacial score (nSPS) is 24.9. The fourth-order valence-electron chi connectivity index (χ4n) is 1.69. The predicted octanol–water partition coefficient (Wildman–Crippen LogP) is 1.13. The highest BCUT2D eigenvalue weighted by Gasteiger charge is 2.20. The highest BCUT2D eigenvalue weighted by molar-refractivity contribution is 4.73. The maximum atomic E-state index is 5.43. The SMILES string of the molecule is CCOCCN1CCOCC1CC. The first-order valence-corrected chi connectivity index (χ1v) is 5.28. The van der Waals surface area contributed by atoms with Gasteiger partial charge in [-0.15, -0.1) is 0 Å². The fraction of sp³-hybridized carbons (Fsp3) is 1.00. The third-order valence-corrected chi connectivity index (χ3v) is 2.55. The summed E-state index contributed by atoms with van der Waals surface area (Å²) in [4.78, 5) is 2.47. The van der Waals surface area contributed by atoms with Gasteiger partial charge in [-0.1, -0.05) is 6.92 Å². The monoisotopic (exact) mass is 187 g/mol. The van der Waals surface area contributed by atoms with E-state index in [0.717, 1.165) is 39.5 Å². The Bertz CT molecular complexity index is 130. The van der Waals surface area contributed by atoms with Gasteiger partial charge in [0, 0.05) is 25.7 Å². The van der Waals surface area contributed by atoms with Crippen molar-refractivity contribution >= 4 is 0 Å². The van der Waals surface area contributed by atoms with Crippen LogP contribution in [0, 0.1) is 0 Å². The zero-order valence-corrected chi connectivity index (χ0v) is 8.79. The summed E-state index contributed by atoms with van der Waals surface area (Å²) in [7, 11) is 0. The van der Waals surface area contributed by atoms with E-state index in [-0.39, 0.29) is 0 Å². The van der Waals surface area contributed by atoms with Gasteiger partial charge in [-0.2, -0.15) is 0 Å². The van der Waals surface area contributed by atoms with Crippen LogP contribution < -0.4 is 0 Å². The molecular formula is C10H21NO2. The number of hydrogen-bond acceptors (Lipinski definition) is 3. The highest BCUT2D eigenvalue weighted by atomic mass is 16.5. The van der Waals surface area contributed by atoms with E-state index in [9.17, 15) is 0 Å². The molecule has 0 aromatic carbocycles. The zero-order valence-electron chi connectivity index (χ0n) is 8.79. The van der Waals surface area contributed by atoms with Crippen LogP contribution in [-0.4, -0.2) is 50.5 Å². The summed E-state index contributed by atoms with van der Waals surface area (Å²) in [6, 6.07) is 0.606. The molecule has 1 atom stereocenters. The molecule has 0 amide bonds. The van der Waals surface area contributed by atoms with Crippen LogP contribution in [-0.2, 0) is 9.47 Å². The molecule has 1 saturated heterocycles. The molecule has 1 unspecified atom stereocenters. The third-order valence-electron chi connectivity index (χ3n) is 2.55. The second-order valence-electron chi connectivity index (χ2n) is 3.37. The maximum absolute atomic E-state index is 5.43. The number of ether oxygens (including phenoxy) is 2. The molecule has 1 rings (SSSR count). The van der Waals surface area contributed by atoms with E-state index in [1.54, 1.807) is 0 Å². The Morgan fingerprint density at radius 1 is 1.46 bits per heavy atom. The molecule has 1 aliphatic heterocycles. The molecular weight excluding hydrogens is 166 g/mol. The van der Waals surface area contributed by atoms with Crippen molar-refractivity contribution in [2.24, 2.45) is 0 Å². The van der Waals surface area contributed by atoms with E-state index in [1.165, 1.54) is 6.42 Å².